The molecule has 1 N–H and O–H groups in total. The van der Waals surface area contributed by atoms with Crippen molar-refractivity contribution in [3.63, 3.8) is 0 Å². The van der Waals surface area contributed by atoms with Gasteiger partial charge in [0, 0.05) is 11.4 Å². The van der Waals surface area contributed by atoms with E-state index in [0.29, 0.717) is 6.54 Å². The third kappa shape index (κ3) is 4.14. The maximum Gasteiger partial charge on any atom is 0.411 e. The lowest BCUT2D eigenvalue weighted by atomic mass is 10.5. The van der Waals surface area contributed by atoms with Gasteiger partial charge >= 0.3 is 6.18 Å². The van der Waals surface area contributed by atoms with Crippen LogP contribution in [0.4, 0.5) is 13.2 Å². The first-order valence-electron chi connectivity index (χ1n) is 4.93. The van der Waals surface area contributed by atoms with E-state index in [1.807, 2.05) is 30.7 Å². The van der Waals surface area contributed by atoms with Gasteiger partial charge in [0.25, 0.3) is 0 Å². The van der Waals surface area contributed by atoms with Crippen LogP contribution in [0.3, 0.4) is 0 Å². The SMILES string of the molecule is Cc1ccc(C)n1NCCOCC(F)(F)F. The largest absolute Gasteiger partial charge is 0.411 e. The molecular formula is C10H15F3N2O. The van der Waals surface area contributed by atoms with E-state index in [9.17, 15) is 13.2 Å². The molecule has 0 aliphatic rings. The smallest absolute Gasteiger partial charge is 0.370 e. The Morgan fingerprint density at radius 3 is 2.31 bits per heavy atom. The number of nitrogens with one attached hydrogen (secondary N) is 1. The Labute approximate surface area is 92.2 Å². The van der Waals surface area contributed by atoms with E-state index in [2.05, 4.69) is 10.2 Å². The Hall–Kier alpha value is -1.17. The summed E-state index contributed by atoms with van der Waals surface area (Å²) in [5, 5.41) is 0. The van der Waals surface area contributed by atoms with Gasteiger partial charge in [0.15, 0.2) is 0 Å². The van der Waals surface area contributed by atoms with Gasteiger partial charge in [-0.15, -0.1) is 0 Å². The molecule has 0 atom stereocenters. The van der Waals surface area contributed by atoms with Crippen LogP contribution in [0.25, 0.3) is 0 Å². The number of nitrogens with zero attached hydrogens (tertiary/aromatic N) is 1. The molecule has 1 rings (SSSR count). The first kappa shape index (κ1) is 12.9. The number of rotatable bonds is 5. The molecule has 0 radical (unpaired) electrons. The van der Waals surface area contributed by atoms with Crippen LogP contribution in [0.2, 0.25) is 0 Å². The maximum absolute atomic E-state index is 11.7. The van der Waals surface area contributed by atoms with Crippen molar-refractivity contribution in [2.24, 2.45) is 0 Å². The van der Waals surface area contributed by atoms with Gasteiger partial charge in [0.1, 0.15) is 6.61 Å². The Morgan fingerprint density at radius 1 is 1.25 bits per heavy atom. The molecule has 0 aromatic carbocycles. The molecule has 92 valence electrons. The lowest BCUT2D eigenvalue weighted by Gasteiger charge is -2.13. The zero-order valence-corrected chi connectivity index (χ0v) is 9.27. The van der Waals surface area contributed by atoms with Crippen molar-refractivity contribution in [3.05, 3.63) is 23.5 Å². The second-order valence-electron chi connectivity index (χ2n) is 3.53. The fourth-order valence-electron chi connectivity index (χ4n) is 1.34. The third-order valence-corrected chi connectivity index (χ3v) is 2.05. The molecule has 0 aliphatic carbocycles. The molecule has 1 aromatic heterocycles. The number of alkyl halides is 3. The first-order chi connectivity index (χ1) is 7.40. The van der Waals surface area contributed by atoms with Crippen molar-refractivity contribution < 1.29 is 17.9 Å². The maximum atomic E-state index is 11.7. The molecule has 1 aromatic rings. The predicted octanol–water partition coefficient (Wildman–Crippen LogP) is 2.23. The fourth-order valence-corrected chi connectivity index (χ4v) is 1.34. The molecule has 3 nitrogen and oxygen atoms in total. The van der Waals surface area contributed by atoms with E-state index in [1.54, 1.807) is 0 Å². The minimum Gasteiger partial charge on any atom is -0.370 e. The molecule has 0 amide bonds. The topological polar surface area (TPSA) is 26.2 Å². The highest BCUT2D eigenvalue weighted by atomic mass is 19.4. The van der Waals surface area contributed by atoms with Gasteiger partial charge < -0.3 is 10.2 Å². The van der Waals surface area contributed by atoms with Crippen LogP contribution in [-0.4, -0.2) is 30.6 Å². The Kier molecular flexibility index (Phi) is 4.23. The van der Waals surface area contributed by atoms with Gasteiger partial charge in [-0.25, -0.2) is 0 Å². The second-order valence-corrected chi connectivity index (χ2v) is 3.53. The van der Waals surface area contributed by atoms with Crippen LogP contribution in [0.5, 0.6) is 0 Å². The number of hydrogen-bond acceptors (Lipinski definition) is 2. The lowest BCUT2D eigenvalue weighted by molar-refractivity contribution is -0.173. The second kappa shape index (κ2) is 5.25. The van der Waals surface area contributed by atoms with Crippen LogP contribution in [0.15, 0.2) is 12.1 Å². The summed E-state index contributed by atoms with van der Waals surface area (Å²) in [7, 11) is 0. The van der Waals surface area contributed by atoms with Gasteiger partial charge in [-0.1, -0.05) is 0 Å². The van der Waals surface area contributed by atoms with Crippen LogP contribution < -0.4 is 5.43 Å². The van der Waals surface area contributed by atoms with Crippen molar-refractivity contribution in [2.45, 2.75) is 20.0 Å². The van der Waals surface area contributed by atoms with Crippen molar-refractivity contribution in [1.82, 2.24) is 4.68 Å². The fraction of sp³-hybridized carbons (Fsp3) is 0.600. The number of halogens is 3. The minimum absolute atomic E-state index is 0.0244. The summed E-state index contributed by atoms with van der Waals surface area (Å²) in [6, 6.07) is 3.86. The normalized spacial score (nSPS) is 11.8. The number of ether oxygens (including phenoxy) is 1. The molecule has 0 saturated carbocycles. The monoisotopic (exact) mass is 236 g/mol. The molecule has 0 unspecified atom stereocenters. The average molecular weight is 236 g/mol. The summed E-state index contributed by atoms with van der Waals surface area (Å²) in [5.74, 6) is 0. The van der Waals surface area contributed by atoms with Crippen molar-refractivity contribution in [1.29, 1.82) is 0 Å². The quantitative estimate of drug-likeness (QED) is 0.793. The minimum atomic E-state index is -4.25. The van der Waals surface area contributed by atoms with E-state index in [0.717, 1.165) is 11.4 Å². The van der Waals surface area contributed by atoms with Crippen LogP contribution >= 0.6 is 0 Å². The van der Waals surface area contributed by atoms with Gasteiger partial charge in [0.2, 0.25) is 0 Å². The summed E-state index contributed by atoms with van der Waals surface area (Å²) >= 11 is 0. The van der Waals surface area contributed by atoms with Crippen LogP contribution in [0.1, 0.15) is 11.4 Å². The highest BCUT2D eigenvalue weighted by Crippen LogP contribution is 2.14. The molecule has 0 fully saturated rings. The number of aromatic nitrogens is 1. The number of hydrogen-bond donors (Lipinski definition) is 1. The van der Waals surface area contributed by atoms with Gasteiger partial charge in [0.05, 0.1) is 13.2 Å². The van der Waals surface area contributed by atoms with E-state index in [4.69, 9.17) is 0 Å². The Balaban J connectivity index is 2.22. The molecule has 0 bridgehead atoms. The summed E-state index contributed by atoms with van der Waals surface area (Å²) < 4.78 is 41.5. The standard InChI is InChI=1S/C10H15F3N2O/c1-8-3-4-9(2)15(8)14-5-6-16-7-10(11,12)13/h3-4,14H,5-7H2,1-2H3. The molecular weight excluding hydrogens is 221 g/mol. The first-order valence-corrected chi connectivity index (χ1v) is 4.93. The molecule has 0 spiro atoms. The van der Waals surface area contributed by atoms with Crippen molar-refractivity contribution >= 4 is 0 Å². The molecule has 1 heterocycles. The third-order valence-electron chi connectivity index (χ3n) is 2.05. The van der Waals surface area contributed by atoms with Crippen molar-refractivity contribution in [2.75, 3.05) is 25.2 Å². The molecule has 16 heavy (non-hydrogen) atoms. The Morgan fingerprint density at radius 2 is 1.81 bits per heavy atom. The van der Waals surface area contributed by atoms with E-state index in [-0.39, 0.29) is 6.61 Å². The lowest BCUT2D eigenvalue weighted by Crippen LogP contribution is -2.24. The average Bonchev–Trinajstić information content (AvgIpc) is 2.46. The highest BCUT2D eigenvalue weighted by molar-refractivity contribution is 5.15. The van der Waals surface area contributed by atoms with E-state index < -0.39 is 12.8 Å². The van der Waals surface area contributed by atoms with E-state index in [1.165, 1.54) is 0 Å². The summed E-state index contributed by atoms with van der Waals surface area (Å²) in [6.07, 6.45) is -4.25. The zero-order chi connectivity index (χ0) is 12.2. The highest BCUT2D eigenvalue weighted by Gasteiger charge is 2.27. The summed E-state index contributed by atoms with van der Waals surface area (Å²) in [6.45, 7) is 2.99. The molecule has 0 aliphatic heterocycles. The van der Waals surface area contributed by atoms with Gasteiger partial charge in [-0.2, -0.15) is 13.2 Å². The summed E-state index contributed by atoms with van der Waals surface area (Å²) in [5.41, 5.74) is 4.99. The predicted molar refractivity (Wildman–Crippen MR) is 55.0 cm³/mol. The van der Waals surface area contributed by atoms with Crippen LogP contribution in [0, 0.1) is 13.8 Å². The van der Waals surface area contributed by atoms with E-state index >= 15 is 0 Å². The zero-order valence-electron chi connectivity index (χ0n) is 9.27. The summed E-state index contributed by atoms with van der Waals surface area (Å²) in [4.78, 5) is 0. The molecule has 6 heteroatoms. The molecule has 0 saturated heterocycles. The number of aryl methyl sites for hydroxylation is 2. The van der Waals surface area contributed by atoms with Gasteiger partial charge in [-0.05, 0) is 26.0 Å². The Bertz CT molecular complexity index is 314. The van der Waals surface area contributed by atoms with Crippen LogP contribution in [-0.2, 0) is 4.74 Å². The van der Waals surface area contributed by atoms with Crippen molar-refractivity contribution in [3.8, 4) is 0 Å². The van der Waals surface area contributed by atoms with Gasteiger partial charge in [-0.3, -0.25) is 4.68 Å².